The van der Waals surface area contributed by atoms with Gasteiger partial charge in [-0.25, -0.2) is 0 Å². The van der Waals surface area contributed by atoms with E-state index >= 15 is 0 Å². The average Bonchev–Trinajstić information content (AvgIpc) is 2.61. The second kappa shape index (κ2) is 6.95. The summed E-state index contributed by atoms with van der Waals surface area (Å²) in [4.78, 5) is 2.63. The first-order valence-corrected chi connectivity index (χ1v) is 7.32. The number of aliphatic hydroxyl groups is 1. The third-order valence-corrected chi connectivity index (χ3v) is 3.53. The zero-order valence-corrected chi connectivity index (χ0v) is 12.7. The molecule has 0 saturated heterocycles. The highest BCUT2D eigenvalue weighted by molar-refractivity contribution is 5.86. The van der Waals surface area contributed by atoms with E-state index in [2.05, 4.69) is 10.0 Å². The predicted molar refractivity (Wildman–Crippen MR) is 87.8 cm³/mol. The maximum atomic E-state index is 10.4. The van der Waals surface area contributed by atoms with Gasteiger partial charge >= 0.3 is 0 Å². The largest absolute Gasteiger partial charge is 0.502 e. The van der Waals surface area contributed by atoms with Gasteiger partial charge in [-0.1, -0.05) is 35.4 Å². The Kier molecular flexibility index (Phi) is 4.56. The molecule has 1 heterocycles. The Morgan fingerprint density at radius 2 is 2.00 bits per heavy atom. The molecule has 2 N–H and O–H groups in total. The Labute approximate surface area is 138 Å². The standard InChI is InChI=1S/C17H15N3O4/c18-20-19-8-9-23-14-7-6-12-13(11-4-2-1-3-5-11)10-15(21)24-17(12)16(14)22/h1-7,10,15,21-22H,8-9H2. The number of fused-ring (bicyclic) bond motifs is 1. The molecule has 1 aliphatic rings. The summed E-state index contributed by atoms with van der Waals surface area (Å²) >= 11 is 0. The van der Waals surface area contributed by atoms with E-state index in [1.165, 1.54) is 0 Å². The van der Waals surface area contributed by atoms with Crippen molar-refractivity contribution < 1.29 is 19.7 Å². The van der Waals surface area contributed by atoms with Gasteiger partial charge in [0.05, 0.1) is 13.2 Å². The van der Waals surface area contributed by atoms with Crippen molar-refractivity contribution in [3.05, 3.63) is 70.1 Å². The Balaban J connectivity index is 1.95. The van der Waals surface area contributed by atoms with Crippen LogP contribution in [-0.4, -0.2) is 29.7 Å². The lowest BCUT2D eigenvalue weighted by Gasteiger charge is -2.24. The molecule has 0 aromatic heterocycles. The average molecular weight is 325 g/mol. The number of aromatic hydroxyl groups is 1. The van der Waals surface area contributed by atoms with Crippen LogP contribution in [0.1, 0.15) is 11.1 Å². The zero-order chi connectivity index (χ0) is 16.9. The summed E-state index contributed by atoms with van der Waals surface area (Å²) in [5.41, 5.74) is 10.6. The summed E-state index contributed by atoms with van der Waals surface area (Å²) in [6.45, 7) is 0.270. The molecule has 7 nitrogen and oxygen atoms in total. The van der Waals surface area contributed by atoms with Crippen LogP contribution in [0.3, 0.4) is 0 Å². The topological polar surface area (TPSA) is 108 Å². The summed E-state index contributed by atoms with van der Waals surface area (Å²) in [6.07, 6.45) is 0.413. The van der Waals surface area contributed by atoms with Crippen molar-refractivity contribution in [3.63, 3.8) is 0 Å². The number of benzene rings is 2. The van der Waals surface area contributed by atoms with Gasteiger partial charge < -0.3 is 19.7 Å². The fraction of sp³-hybridized carbons (Fsp3) is 0.176. The van der Waals surface area contributed by atoms with Gasteiger partial charge in [0.2, 0.25) is 12.0 Å². The highest BCUT2D eigenvalue weighted by atomic mass is 16.6. The second-order valence-corrected chi connectivity index (χ2v) is 5.05. The molecule has 2 aromatic carbocycles. The third kappa shape index (κ3) is 3.12. The Hall–Kier alpha value is -3.15. The maximum Gasteiger partial charge on any atom is 0.218 e. The van der Waals surface area contributed by atoms with E-state index in [0.29, 0.717) is 5.56 Å². The van der Waals surface area contributed by atoms with Crippen molar-refractivity contribution in [1.82, 2.24) is 0 Å². The van der Waals surface area contributed by atoms with Crippen LogP contribution in [0.4, 0.5) is 0 Å². The second-order valence-electron chi connectivity index (χ2n) is 5.05. The Morgan fingerprint density at radius 1 is 1.21 bits per heavy atom. The highest BCUT2D eigenvalue weighted by Crippen LogP contribution is 2.45. The lowest BCUT2D eigenvalue weighted by Crippen LogP contribution is -2.18. The molecular weight excluding hydrogens is 310 g/mol. The van der Waals surface area contributed by atoms with E-state index in [0.717, 1.165) is 11.1 Å². The van der Waals surface area contributed by atoms with Crippen LogP contribution in [0.5, 0.6) is 17.2 Å². The molecule has 0 amide bonds. The molecule has 0 saturated carbocycles. The van der Waals surface area contributed by atoms with Gasteiger partial charge in [-0.2, -0.15) is 0 Å². The van der Waals surface area contributed by atoms with E-state index in [1.807, 2.05) is 30.3 Å². The number of phenolic OH excluding ortho intramolecular Hbond substituents is 1. The number of hydrogen-bond donors (Lipinski definition) is 2. The van der Waals surface area contributed by atoms with Crippen molar-refractivity contribution in [2.45, 2.75) is 6.29 Å². The van der Waals surface area contributed by atoms with Crippen LogP contribution >= 0.6 is 0 Å². The lowest BCUT2D eigenvalue weighted by molar-refractivity contribution is 0.0202. The molecule has 0 radical (unpaired) electrons. The van der Waals surface area contributed by atoms with Gasteiger partial charge in [0, 0.05) is 10.5 Å². The van der Waals surface area contributed by atoms with E-state index in [9.17, 15) is 10.2 Å². The first kappa shape index (κ1) is 15.7. The van der Waals surface area contributed by atoms with Gasteiger partial charge in [0.1, 0.15) is 0 Å². The molecular formula is C17H15N3O4. The van der Waals surface area contributed by atoms with Crippen molar-refractivity contribution in [2.75, 3.05) is 13.2 Å². The number of ether oxygens (including phenoxy) is 2. The molecule has 0 aliphatic carbocycles. The first-order chi connectivity index (χ1) is 11.7. The van der Waals surface area contributed by atoms with Crippen LogP contribution < -0.4 is 9.47 Å². The number of aliphatic hydroxyl groups excluding tert-OH is 1. The zero-order valence-electron chi connectivity index (χ0n) is 12.7. The molecule has 3 rings (SSSR count). The first-order valence-electron chi connectivity index (χ1n) is 7.32. The molecule has 0 spiro atoms. The molecule has 0 bridgehead atoms. The summed E-state index contributed by atoms with van der Waals surface area (Å²) in [5.74, 6) is 0.155. The molecule has 0 fully saturated rings. The highest BCUT2D eigenvalue weighted by Gasteiger charge is 2.25. The minimum Gasteiger partial charge on any atom is -0.502 e. The monoisotopic (exact) mass is 325 g/mol. The smallest absolute Gasteiger partial charge is 0.218 e. The molecule has 1 unspecified atom stereocenters. The summed E-state index contributed by atoms with van der Waals surface area (Å²) in [7, 11) is 0. The van der Waals surface area contributed by atoms with Gasteiger partial charge in [-0.05, 0) is 34.9 Å². The summed E-state index contributed by atoms with van der Waals surface area (Å²) in [5, 5.41) is 23.7. The number of phenols is 1. The van der Waals surface area contributed by atoms with Crippen LogP contribution in [-0.2, 0) is 0 Å². The Bertz CT molecular complexity index is 814. The molecule has 122 valence electrons. The normalized spacial score (nSPS) is 15.5. The number of azide groups is 1. The maximum absolute atomic E-state index is 10.4. The number of hydrogen-bond acceptors (Lipinski definition) is 5. The van der Waals surface area contributed by atoms with E-state index < -0.39 is 6.29 Å². The van der Waals surface area contributed by atoms with Crippen LogP contribution in [0, 0.1) is 0 Å². The third-order valence-electron chi connectivity index (χ3n) is 3.53. The predicted octanol–water partition coefficient (Wildman–Crippen LogP) is 3.22. The van der Waals surface area contributed by atoms with Gasteiger partial charge in [-0.3, -0.25) is 0 Å². The van der Waals surface area contributed by atoms with E-state index in [-0.39, 0.29) is 30.4 Å². The fourth-order valence-electron chi connectivity index (χ4n) is 2.50. The quantitative estimate of drug-likeness (QED) is 0.381. The Morgan fingerprint density at radius 3 is 2.75 bits per heavy atom. The number of nitrogens with zero attached hydrogens (tertiary/aromatic N) is 3. The molecule has 1 atom stereocenters. The lowest BCUT2D eigenvalue weighted by atomic mass is 9.94. The summed E-state index contributed by atoms with van der Waals surface area (Å²) in [6, 6.07) is 12.9. The van der Waals surface area contributed by atoms with Crippen molar-refractivity contribution in [2.24, 2.45) is 5.11 Å². The van der Waals surface area contributed by atoms with Gasteiger partial charge in [0.25, 0.3) is 0 Å². The minimum atomic E-state index is -1.17. The van der Waals surface area contributed by atoms with Crippen LogP contribution in [0.15, 0.2) is 53.7 Å². The minimum absolute atomic E-state index is 0.125. The summed E-state index contributed by atoms with van der Waals surface area (Å²) < 4.78 is 10.7. The molecule has 2 aromatic rings. The van der Waals surface area contributed by atoms with Crippen molar-refractivity contribution in [1.29, 1.82) is 0 Å². The van der Waals surface area contributed by atoms with E-state index in [1.54, 1.807) is 18.2 Å². The van der Waals surface area contributed by atoms with Gasteiger partial charge in [0.15, 0.2) is 11.5 Å². The van der Waals surface area contributed by atoms with Gasteiger partial charge in [-0.15, -0.1) is 0 Å². The fourth-order valence-corrected chi connectivity index (χ4v) is 2.50. The van der Waals surface area contributed by atoms with Crippen molar-refractivity contribution in [3.8, 4) is 17.2 Å². The van der Waals surface area contributed by atoms with Crippen molar-refractivity contribution >= 4 is 5.57 Å². The SMILES string of the molecule is [N-]=[N+]=NCCOc1ccc2c(c1O)OC(O)C=C2c1ccccc1. The van der Waals surface area contributed by atoms with E-state index in [4.69, 9.17) is 15.0 Å². The van der Waals surface area contributed by atoms with Crippen LogP contribution in [0.2, 0.25) is 0 Å². The molecule has 1 aliphatic heterocycles. The molecule has 24 heavy (non-hydrogen) atoms. The number of rotatable bonds is 5. The molecule has 7 heteroatoms. The van der Waals surface area contributed by atoms with Crippen LogP contribution in [0.25, 0.3) is 16.0 Å².